The normalized spacial score (nSPS) is 31.7. The number of nitrogens with zero attached hydrogens (tertiary/aromatic N) is 2. The Kier molecular flexibility index (Phi) is 4.59. The summed E-state index contributed by atoms with van der Waals surface area (Å²) in [7, 11) is 1.39. The van der Waals surface area contributed by atoms with Crippen LogP contribution < -0.4 is 5.73 Å². The van der Waals surface area contributed by atoms with Crippen molar-refractivity contribution in [1.82, 2.24) is 9.80 Å². The van der Waals surface area contributed by atoms with Gasteiger partial charge in [0.25, 0.3) is 0 Å². The van der Waals surface area contributed by atoms with Crippen molar-refractivity contribution < 1.29 is 9.53 Å². The van der Waals surface area contributed by atoms with Crippen LogP contribution in [0.4, 0.5) is 0 Å². The smallest absolute Gasteiger partial charge is 0.323 e. The molecule has 5 nitrogen and oxygen atoms in total. The van der Waals surface area contributed by atoms with Crippen LogP contribution in [-0.4, -0.2) is 67.2 Å². The van der Waals surface area contributed by atoms with Gasteiger partial charge in [-0.25, -0.2) is 0 Å². The van der Waals surface area contributed by atoms with E-state index < -0.39 is 6.04 Å². The summed E-state index contributed by atoms with van der Waals surface area (Å²) >= 11 is 0. The number of piperazine rings is 1. The number of ether oxygens (including phenoxy) is 1. The standard InChI is InChI=1S/C13H25N3O2/c1-10-7-15-6-4-3-5-11(15)8-16(10)9-12(14)13(17)18-2/h10-12H,3-9,14H2,1-2H3. The van der Waals surface area contributed by atoms with E-state index in [0.29, 0.717) is 18.6 Å². The number of carbonyl (C=O) groups is 1. The highest BCUT2D eigenvalue weighted by Gasteiger charge is 2.34. The van der Waals surface area contributed by atoms with Gasteiger partial charge in [0.05, 0.1) is 7.11 Å². The molecule has 5 heteroatoms. The molecule has 18 heavy (non-hydrogen) atoms. The average Bonchev–Trinajstić information content (AvgIpc) is 2.38. The minimum absolute atomic E-state index is 0.312. The molecule has 0 saturated carbocycles. The summed E-state index contributed by atoms with van der Waals surface area (Å²) in [5.74, 6) is -0.312. The number of nitrogens with two attached hydrogens (primary N) is 1. The molecule has 2 aliphatic rings. The van der Waals surface area contributed by atoms with Gasteiger partial charge in [0, 0.05) is 31.7 Å². The molecule has 104 valence electrons. The zero-order chi connectivity index (χ0) is 13.1. The summed E-state index contributed by atoms with van der Waals surface area (Å²) in [6.07, 6.45) is 3.92. The molecule has 3 atom stereocenters. The molecule has 0 aromatic heterocycles. The summed E-state index contributed by atoms with van der Waals surface area (Å²) in [5.41, 5.74) is 5.86. The SMILES string of the molecule is COC(=O)C(N)CN1CC2CCCCN2CC1C. The zero-order valence-electron chi connectivity index (χ0n) is 11.5. The molecule has 2 fully saturated rings. The van der Waals surface area contributed by atoms with Crippen LogP contribution >= 0.6 is 0 Å². The Morgan fingerprint density at radius 3 is 2.94 bits per heavy atom. The first-order valence-corrected chi connectivity index (χ1v) is 6.93. The number of carbonyl (C=O) groups excluding carboxylic acids is 1. The van der Waals surface area contributed by atoms with Gasteiger partial charge in [-0.2, -0.15) is 0 Å². The molecule has 2 N–H and O–H groups in total. The van der Waals surface area contributed by atoms with Gasteiger partial charge >= 0.3 is 5.97 Å². The predicted octanol–water partition coefficient (Wildman–Crippen LogP) is 0.0453. The molecule has 0 spiro atoms. The van der Waals surface area contributed by atoms with E-state index in [4.69, 9.17) is 10.5 Å². The van der Waals surface area contributed by atoms with E-state index in [1.165, 1.54) is 32.9 Å². The van der Waals surface area contributed by atoms with Crippen LogP contribution in [0.5, 0.6) is 0 Å². The number of rotatable bonds is 3. The third-order valence-electron chi connectivity index (χ3n) is 4.25. The molecule has 0 aromatic carbocycles. The Morgan fingerprint density at radius 2 is 2.22 bits per heavy atom. The number of methoxy groups -OCH3 is 1. The van der Waals surface area contributed by atoms with Gasteiger partial charge in [0.2, 0.25) is 0 Å². The zero-order valence-corrected chi connectivity index (χ0v) is 11.5. The highest BCUT2D eigenvalue weighted by molar-refractivity contribution is 5.75. The Morgan fingerprint density at radius 1 is 1.44 bits per heavy atom. The fourth-order valence-electron chi connectivity index (χ4n) is 3.15. The van der Waals surface area contributed by atoms with E-state index in [0.717, 1.165) is 13.1 Å². The van der Waals surface area contributed by atoms with Gasteiger partial charge < -0.3 is 10.5 Å². The fourth-order valence-corrected chi connectivity index (χ4v) is 3.15. The van der Waals surface area contributed by atoms with Crippen molar-refractivity contribution in [2.45, 2.75) is 44.3 Å². The van der Waals surface area contributed by atoms with E-state index in [1.807, 2.05) is 0 Å². The lowest BCUT2D eigenvalue weighted by atomic mass is 9.97. The maximum absolute atomic E-state index is 11.4. The second kappa shape index (κ2) is 5.99. The van der Waals surface area contributed by atoms with Gasteiger partial charge in [0.15, 0.2) is 0 Å². The Balaban J connectivity index is 1.90. The number of hydrogen-bond acceptors (Lipinski definition) is 5. The van der Waals surface area contributed by atoms with Crippen molar-refractivity contribution in [1.29, 1.82) is 0 Å². The number of esters is 1. The summed E-state index contributed by atoms with van der Waals surface area (Å²) < 4.78 is 4.69. The summed E-state index contributed by atoms with van der Waals surface area (Å²) in [4.78, 5) is 16.3. The van der Waals surface area contributed by atoms with E-state index in [1.54, 1.807) is 0 Å². The van der Waals surface area contributed by atoms with Crippen molar-refractivity contribution in [3.63, 3.8) is 0 Å². The van der Waals surface area contributed by atoms with Crippen LogP contribution in [0.3, 0.4) is 0 Å². The van der Waals surface area contributed by atoms with Gasteiger partial charge in [-0.15, -0.1) is 0 Å². The molecule has 2 saturated heterocycles. The predicted molar refractivity (Wildman–Crippen MR) is 70.2 cm³/mol. The number of piperidine rings is 1. The second-order valence-corrected chi connectivity index (χ2v) is 5.58. The van der Waals surface area contributed by atoms with Gasteiger partial charge in [-0.3, -0.25) is 14.6 Å². The molecule has 0 aromatic rings. The second-order valence-electron chi connectivity index (χ2n) is 5.58. The van der Waals surface area contributed by atoms with E-state index in [2.05, 4.69) is 16.7 Å². The largest absolute Gasteiger partial charge is 0.468 e. The van der Waals surface area contributed by atoms with Crippen molar-refractivity contribution in [3.05, 3.63) is 0 Å². The molecule has 2 aliphatic heterocycles. The van der Waals surface area contributed by atoms with Crippen molar-refractivity contribution in [3.8, 4) is 0 Å². The van der Waals surface area contributed by atoms with Crippen LogP contribution in [0, 0.1) is 0 Å². The van der Waals surface area contributed by atoms with Crippen LogP contribution in [0.2, 0.25) is 0 Å². The first kappa shape index (κ1) is 13.8. The molecule has 0 bridgehead atoms. The van der Waals surface area contributed by atoms with Crippen molar-refractivity contribution in [2.75, 3.05) is 33.3 Å². The van der Waals surface area contributed by atoms with Crippen molar-refractivity contribution >= 4 is 5.97 Å². The molecule has 0 aliphatic carbocycles. The van der Waals surface area contributed by atoms with Gasteiger partial charge in [-0.05, 0) is 26.3 Å². The quantitative estimate of drug-likeness (QED) is 0.722. The summed E-state index contributed by atoms with van der Waals surface area (Å²) in [6.45, 7) is 6.18. The van der Waals surface area contributed by atoms with Gasteiger partial charge in [0.1, 0.15) is 6.04 Å². The van der Waals surface area contributed by atoms with Crippen LogP contribution in [0.25, 0.3) is 0 Å². The topological polar surface area (TPSA) is 58.8 Å². The van der Waals surface area contributed by atoms with E-state index >= 15 is 0 Å². The van der Waals surface area contributed by atoms with E-state index in [9.17, 15) is 4.79 Å². The first-order valence-electron chi connectivity index (χ1n) is 6.93. The minimum Gasteiger partial charge on any atom is -0.468 e. The third-order valence-corrected chi connectivity index (χ3v) is 4.25. The Hall–Kier alpha value is -0.650. The monoisotopic (exact) mass is 255 g/mol. The lowest BCUT2D eigenvalue weighted by molar-refractivity contribution is -0.143. The Bertz CT molecular complexity index is 298. The maximum atomic E-state index is 11.4. The average molecular weight is 255 g/mol. The Labute approximate surface area is 109 Å². The van der Waals surface area contributed by atoms with Gasteiger partial charge in [-0.1, -0.05) is 6.42 Å². The van der Waals surface area contributed by atoms with E-state index in [-0.39, 0.29) is 5.97 Å². The summed E-state index contributed by atoms with van der Waals surface area (Å²) in [5, 5.41) is 0. The van der Waals surface area contributed by atoms with Crippen LogP contribution in [0.1, 0.15) is 26.2 Å². The third kappa shape index (κ3) is 3.02. The lowest BCUT2D eigenvalue weighted by Gasteiger charge is -2.47. The number of fused-ring (bicyclic) bond motifs is 1. The molecule has 2 rings (SSSR count). The molecular weight excluding hydrogens is 230 g/mol. The maximum Gasteiger partial charge on any atom is 0.323 e. The van der Waals surface area contributed by atoms with Crippen LogP contribution in [-0.2, 0) is 9.53 Å². The minimum atomic E-state index is -0.521. The first-order chi connectivity index (χ1) is 8.61. The molecule has 2 heterocycles. The number of hydrogen-bond donors (Lipinski definition) is 1. The lowest BCUT2D eigenvalue weighted by Crippen LogP contribution is -2.61. The molecule has 0 amide bonds. The summed E-state index contributed by atoms with van der Waals surface area (Å²) in [6, 6.07) is 0.599. The highest BCUT2D eigenvalue weighted by atomic mass is 16.5. The highest BCUT2D eigenvalue weighted by Crippen LogP contribution is 2.23. The van der Waals surface area contributed by atoms with Crippen LogP contribution in [0.15, 0.2) is 0 Å². The molecule has 3 unspecified atom stereocenters. The fraction of sp³-hybridized carbons (Fsp3) is 0.923. The molecular formula is C13H25N3O2. The van der Waals surface area contributed by atoms with Crippen molar-refractivity contribution in [2.24, 2.45) is 5.73 Å². The molecule has 0 radical (unpaired) electrons.